The van der Waals surface area contributed by atoms with E-state index in [0.29, 0.717) is 6.42 Å². The summed E-state index contributed by atoms with van der Waals surface area (Å²) in [5.41, 5.74) is 0. The zero-order chi connectivity index (χ0) is 11.3. The third-order valence-corrected chi connectivity index (χ3v) is 2.29. The van der Waals surface area contributed by atoms with E-state index in [1.807, 2.05) is 0 Å². The zero-order valence-electron chi connectivity index (χ0n) is 9.07. The molecule has 0 bridgehead atoms. The second-order valence-electron chi connectivity index (χ2n) is 3.22. The van der Waals surface area contributed by atoms with Crippen LogP contribution in [0.5, 0.6) is 0 Å². The van der Waals surface area contributed by atoms with Crippen molar-refractivity contribution in [3.8, 4) is 0 Å². The molecule has 2 unspecified atom stereocenters. The van der Waals surface area contributed by atoms with Gasteiger partial charge in [-0.25, -0.2) is 4.79 Å². The van der Waals surface area contributed by atoms with Gasteiger partial charge < -0.3 is 15.3 Å². The second kappa shape index (κ2) is 5.59. The molecule has 0 aromatic heterocycles. The first-order valence-electron chi connectivity index (χ1n) is 4.62. The molecule has 1 amide bonds. The standard InChI is InChI=1S/C9H18N2O3/c1-5-7(9(13)14)11(4)8(12)6(2)10-3/h6-7,10H,5H2,1-4H3,(H,13,14). The van der Waals surface area contributed by atoms with Crippen molar-refractivity contribution in [3.05, 3.63) is 0 Å². The van der Waals surface area contributed by atoms with E-state index in [1.165, 1.54) is 11.9 Å². The van der Waals surface area contributed by atoms with Crippen molar-refractivity contribution >= 4 is 11.9 Å². The molecule has 14 heavy (non-hydrogen) atoms. The van der Waals surface area contributed by atoms with Gasteiger partial charge in [-0.05, 0) is 20.4 Å². The van der Waals surface area contributed by atoms with Gasteiger partial charge in [-0.1, -0.05) is 6.92 Å². The van der Waals surface area contributed by atoms with E-state index in [9.17, 15) is 9.59 Å². The topological polar surface area (TPSA) is 69.6 Å². The number of carboxylic acids is 1. The number of likely N-dealkylation sites (N-methyl/N-ethyl adjacent to an activating group) is 2. The fourth-order valence-corrected chi connectivity index (χ4v) is 1.20. The molecule has 0 aromatic rings. The van der Waals surface area contributed by atoms with Gasteiger partial charge in [-0.15, -0.1) is 0 Å². The zero-order valence-corrected chi connectivity index (χ0v) is 9.07. The van der Waals surface area contributed by atoms with Crippen LogP contribution in [0, 0.1) is 0 Å². The Morgan fingerprint density at radius 3 is 2.29 bits per heavy atom. The Labute approximate surface area is 84.1 Å². The first-order chi connectivity index (χ1) is 6.45. The number of nitrogens with zero attached hydrogens (tertiary/aromatic N) is 1. The van der Waals surface area contributed by atoms with Gasteiger partial charge in [0.25, 0.3) is 0 Å². The molecule has 0 rings (SSSR count). The fourth-order valence-electron chi connectivity index (χ4n) is 1.20. The highest BCUT2D eigenvalue weighted by Crippen LogP contribution is 2.04. The molecule has 82 valence electrons. The lowest BCUT2D eigenvalue weighted by Gasteiger charge is -2.26. The number of rotatable bonds is 5. The summed E-state index contributed by atoms with van der Waals surface area (Å²) in [4.78, 5) is 23.6. The summed E-state index contributed by atoms with van der Waals surface area (Å²) in [6.45, 7) is 3.44. The molecule has 0 saturated carbocycles. The van der Waals surface area contributed by atoms with Crippen LogP contribution in [0.2, 0.25) is 0 Å². The summed E-state index contributed by atoms with van der Waals surface area (Å²) in [7, 11) is 3.18. The monoisotopic (exact) mass is 202 g/mol. The minimum absolute atomic E-state index is 0.207. The van der Waals surface area contributed by atoms with Crippen LogP contribution in [0.1, 0.15) is 20.3 Å². The predicted molar refractivity (Wildman–Crippen MR) is 53.0 cm³/mol. The molecule has 2 atom stereocenters. The van der Waals surface area contributed by atoms with Gasteiger partial charge in [-0.3, -0.25) is 4.79 Å². The molecule has 0 spiro atoms. The Kier molecular flexibility index (Phi) is 5.15. The normalized spacial score (nSPS) is 14.6. The summed E-state index contributed by atoms with van der Waals surface area (Å²) >= 11 is 0. The van der Waals surface area contributed by atoms with Crippen LogP contribution in [0.3, 0.4) is 0 Å². The van der Waals surface area contributed by atoms with Crippen molar-refractivity contribution in [3.63, 3.8) is 0 Å². The number of carboxylic acid groups (broad SMARTS) is 1. The number of carbonyl (C=O) groups is 2. The Bertz CT molecular complexity index is 218. The number of hydrogen-bond donors (Lipinski definition) is 2. The van der Waals surface area contributed by atoms with Crippen LogP contribution < -0.4 is 5.32 Å². The minimum Gasteiger partial charge on any atom is -0.480 e. The van der Waals surface area contributed by atoms with Crippen molar-refractivity contribution in [1.29, 1.82) is 0 Å². The summed E-state index contributed by atoms with van der Waals surface area (Å²) in [6.07, 6.45) is 0.411. The van der Waals surface area contributed by atoms with E-state index in [4.69, 9.17) is 5.11 Å². The Morgan fingerprint density at radius 1 is 1.50 bits per heavy atom. The lowest BCUT2D eigenvalue weighted by Crippen LogP contribution is -2.49. The Balaban J connectivity index is 4.49. The van der Waals surface area contributed by atoms with Crippen LogP contribution in [0.25, 0.3) is 0 Å². The third-order valence-electron chi connectivity index (χ3n) is 2.29. The van der Waals surface area contributed by atoms with Crippen molar-refractivity contribution in [1.82, 2.24) is 10.2 Å². The van der Waals surface area contributed by atoms with Gasteiger partial charge in [-0.2, -0.15) is 0 Å². The minimum atomic E-state index is -0.966. The highest BCUT2D eigenvalue weighted by molar-refractivity contribution is 5.86. The maximum atomic E-state index is 11.6. The van der Waals surface area contributed by atoms with Gasteiger partial charge in [0.2, 0.25) is 5.91 Å². The van der Waals surface area contributed by atoms with Crippen molar-refractivity contribution in [2.75, 3.05) is 14.1 Å². The molecule has 0 saturated heterocycles. The Hall–Kier alpha value is -1.10. The van der Waals surface area contributed by atoms with Crippen molar-refractivity contribution < 1.29 is 14.7 Å². The van der Waals surface area contributed by atoms with Gasteiger partial charge in [0.05, 0.1) is 6.04 Å². The molecule has 0 radical (unpaired) electrons. The summed E-state index contributed by atoms with van der Waals surface area (Å²) in [6, 6.07) is -1.09. The quantitative estimate of drug-likeness (QED) is 0.654. The van der Waals surface area contributed by atoms with Crippen LogP contribution in [0.4, 0.5) is 0 Å². The second-order valence-corrected chi connectivity index (χ2v) is 3.22. The number of hydrogen-bond acceptors (Lipinski definition) is 3. The number of aliphatic carboxylic acids is 1. The Morgan fingerprint density at radius 2 is 2.00 bits per heavy atom. The molecule has 0 aromatic carbocycles. The van der Waals surface area contributed by atoms with E-state index in [0.717, 1.165) is 0 Å². The average Bonchev–Trinajstić information content (AvgIpc) is 2.15. The molecule has 5 heteroatoms. The van der Waals surface area contributed by atoms with E-state index in [1.54, 1.807) is 20.9 Å². The number of amides is 1. The smallest absolute Gasteiger partial charge is 0.326 e. The van der Waals surface area contributed by atoms with Crippen LogP contribution in [-0.2, 0) is 9.59 Å². The SMILES string of the molecule is CCC(C(=O)O)N(C)C(=O)C(C)NC. The molecule has 0 aliphatic rings. The first-order valence-corrected chi connectivity index (χ1v) is 4.62. The molecular formula is C9H18N2O3. The lowest BCUT2D eigenvalue weighted by atomic mass is 10.2. The third kappa shape index (κ3) is 2.99. The highest BCUT2D eigenvalue weighted by atomic mass is 16.4. The molecular weight excluding hydrogens is 184 g/mol. The van der Waals surface area contributed by atoms with Crippen molar-refractivity contribution in [2.45, 2.75) is 32.4 Å². The highest BCUT2D eigenvalue weighted by Gasteiger charge is 2.26. The van der Waals surface area contributed by atoms with Gasteiger partial charge >= 0.3 is 5.97 Å². The largest absolute Gasteiger partial charge is 0.480 e. The van der Waals surface area contributed by atoms with E-state index in [2.05, 4.69) is 5.32 Å². The first kappa shape index (κ1) is 12.9. The van der Waals surface area contributed by atoms with Gasteiger partial charge in [0.1, 0.15) is 6.04 Å². The van der Waals surface area contributed by atoms with Gasteiger partial charge in [0.15, 0.2) is 0 Å². The summed E-state index contributed by atoms with van der Waals surface area (Å²) in [5, 5.41) is 11.6. The molecule has 0 aliphatic heterocycles. The average molecular weight is 202 g/mol. The van der Waals surface area contributed by atoms with E-state index >= 15 is 0 Å². The number of carbonyl (C=O) groups excluding carboxylic acids is 1. The van der Waals surface area contributed by atoms with Crippen LogP contribution in [-0.4, -0.2) is 48.1 Å². The number of nitrogens with one attached hydrogen (secondary N) is 1. The van der Waals surface area contributed by atoms with E-state index < -0.39 is 12.0 Å². The molecule has 0 aliphatic carbocycles. The van der Waals surface area contributed by atoms with Crippen LogP contribution in [0.15, 0.2) is 0 Å². The maximum Gasteiger partial charge on any atom is 0.326 e. The molecule has 2 N–H and O–H groups in total. The summed E-state index contributed by atoms with van der Waals surface area (Å²) in [5.74, 6) is -1.17. The predicted octanol–water partition coefficient (Wildman–Crippen LogP) is -0.0841. The van der Waals surface area contributed by atoms with Crippen molar-refractivity contribution in [2.24, 2.45) is 0 Å². The van der Waals surface area contributed by atoms with Gasteiger partial charge in [0, 0.05) is 7.05 Å². The maximum absolute atomic E-state index is 11.6. The fraction of sp³-hybridized carbons (Fsp3) is 0.778. The van der Waals surface area contributed by atoms with E-state index in [-0.39, 0.29) is 11.9 Å². The summed E-state index contributed by atoms with van der Waals surface area (Å²) < 4.78 is 0. The lowest BCUT2D eigenvalue weighted by molar-refractivity contribution is -0.149. The molecule has 0 heterocycles. The molecule has 5 nitrogen and oxygen atoms in total. The molecule has 0 fully saturated rings. The van der Waals surface area contributed by atoms with Crippen LogP contribution >= 0.6 is 0 Å².